The molecule has 3 rings (SSSR count). The number of hydrogen-bond donors (Lipinski definition) is 2. The summed E-state index contributed by atoms with van der Waals surface area (Å²) in [6.07, 6.45) is 0.780. The van der Waals surface area contributed by atoms with Gasteiger partial charge < -0.3 is 16.0 Å². The molecule has 1 saturated heterocycles. The monoisotopic (exact) mass is 357 g/mol. The second-order valence-electron chi connectivity index (χ2n) is 7.09. The fourth-order valence-electron chi connectivity index (χ4n) is 3.09. The summed E-state index contributed by atoms with van der Waals surface area (Å²) in [6, 6.07) is 10.8. The van der Waals surface area contributed by atoms with Crippen molar-refractivity contribution in [3.8, 4) is 0 Å². The lowest BCUT2D eigenvalue weighted by Gasteiger charge is -2.42. The largest absolute Gasteiger partial charge is 0.338 e. The maximum absolute atomic E-state index is 13.0. The number of likely N-dealkylation sites (tertiary alicyclic amines) is 1. The molecule has 0 saturated carbocycles. The average molecular weight is 357 g/mol. The Labute approximate surface area is 151 Å². The summed E-state index contributed by atoms with van der Waals surface area (Å²) in [7, 11) is 0. The summed E-state index contributed by atoms with van der Waals surface area (Å²) < 4.78 is 0. The van der Waals surface area contributed by atoms with Crippen molar-refractivity contribution in [2.75, 3.05) is 18.4 Å². The SMILES string of the molecule is CC1(C)CN(C(=O)c2ccccc2NC(=O)c2cccs2)CCC1N. The standard InChI is InChI=1S/C19H23N3O2S/c1-19(2)12-22(10-9-16(19)20)18(24)13-6-3-4-7-14(13)21-17(23)15-8-5-11-25-15/h3-8,11,16H,9-10,12,20H2,1-2H3,(H,21,23). The quantitative estimate of drug-likeness (QED) is 0.886. The Morgan fingerprint density at radius 1 is 1.24 bits per heavy atom. The molecule has 0 aliphatic carbocycles. The molecule has 2 amide bonds. The number of thiophene rings is 1. The van der Waals surface area contributed by atoms with Gasteiger partial charge in [0.25, 0.3) is 11.8 Å². The van der Waals surface area contributed by atoms with Crippen LogP contribution in [0.15, 0.2) is 41.8 Å². The smallest absolute Gasteiger partial charge is 0.265 e. The van der Waals surface area contributed by atoms with E-state index in [9.17, 15) is 9.59 Å². The van der Waals surface area contributed by atoms with Crippen LogP contribution in [0.3, 0.4) is 0 Å². The summed E-state index contributed by atoms with van der Waals surface area (Å²) in [4.78, 5) is 27.8. The number of hydrogen-bond acceptors (Lipinski definition) is 4. The van der Waals surface area contributed by atoms with Crippen molar-refractivity contribution >= 4 is 28.8 Å². The van der Waals surface area contributed by atoms with Crippen molar-refractivity contribution in [1.82, 2.24) is 4.90 Å². The molecule has 0 spiro atoms. The average Bonchev–Trinajstić information content (AvgIpc) is 3.12. The third-order valence-electron chi connectivity index (χ3n) is 4.75. The van der Waals surface area contributed by atoms with E-state index in [1.807, 2.05) is 28.5 Å². The van der Waals surface area contributed by atoms with E-state index >= 15 is 0 Å². The van der Waals surface area contributed by atoms with Crippen LogP contribution >= 0.6 is 11.3 Å². The Balaban J connectivity index is 1.81. The zero-order chi connectivity index (χ0) is 18.0. The van der Waals surface area contributed by atoms with Crippen LogP contribution < -0.4 is 11.1 Å². The molecule has 1 aromatic carbocycles. The number of nitrogens with one attached hydrogen (secondary N) is 1. The molecule has 6 heteroatoms. The summed E-state index contributed by atoms with van der Waals surface area (Å²) in [5.41, 5.74) is 7.10. The molecule has 5 nitrogen and oxygen atoms in total. The first kappa shape index (κ1) is 17.6. The van der Waals surface area contributed by atoms with Gasteiger partial charge in [-0.1, -0.05) is 32.0 Å². The van der Waals surface area contributed by atoms with Gasteiger partial charge in [-0.3, -0.25) is 9.59 Å². The topological polar surface area (TPSA) is 75.4 Å². The normalized spacial score (nSPS) is 19.5. The van der Waals surface area contributed by atoms with Crippen molar-refractivity contribution in [1.29, 1.82) is 0 Å². The zero-order valence-corrected chi connectivity index (χ0v) is 15.3. The lowest BCUT2D eigenvalue weighted by atomic mass is 9.79. The Bertz CT molecular complexity index is 771. The molecule has 132 valence electrons. The number of rotatable bonds is 3. The van der Waals surface area contributed by atoms with Crippen LogP contribution in [0.25, 0.3) is 0 Å². The maximum Gasteiger partial charge on any atom is 0.265 e. The number of piperidine rings is 1. The number of anilines is 1. The summed E-state index contributed by atoms with van der Waals surface area (Å²) in [6.45, 7) is 5.42. The lowest BCUT2D eigenvalue weighted by molar-refractivity contribution is 0.0534. The van der Waals surface area contributed by atoms with Gasteiger partial charge in [0.15, 0.2) is 0 Å². The predicted octanol–water partition coefficient (Wildman–Crippen LogP) is 3.20. The van der Waals surface area contributed by atoms with Gasteiger partial charge in [-0.2, -0.15) is 0 Å². The Kier molecular flexibility index (Phi) is 4.92. The minimum atomic E-state index is -0.198. The minimum Gasteiger partial charge on any atom is -0.338 e. The van der Waals surface area contributed by atoms with Gasteiger partial charge in [-0.25, -0.2) is 0 Å². The second kappa shape index (κ2) is 6.98. The Hall–Kier alpha value is -2.18. The Morgan fingerprint density at radius 3 is 2.68 bits per heavy atom. The van der Waals surface area contributed by atoms with Gasteiger partial charge in [-0.15, -0.1) is 11.3 Å². The van der Waals surface area contributed by atoms with E-state index in [2.05, 4.69) is 19.2 Å². The van der Waals surface area contributed by atoms with E-state index in [4.69, 9.17) is 5.73 Å². The highest BCUT2D eigenvalue weighted by atomic mass is 32.1. The van der Waals surface area contributed by atoms with Crippen molar-refractivity contribution in [3.05, 3.63) is 52.2 Å². The van der Waals surface area contributed by atoms with Gasteiger partial charge in [0.2, 0.25) is 0 Å². The molecule has 0 radical (unpaired) electrons. The summed E-state index contributed by atoms with van der Waals surface area (Å²) in [5.74, 6) is -0.265. The van der Waals surface area contributed by atoms with E-state index in [0.717, 1.165) is 6.42 Å². The molecule has 1 aliphatic rings. The van der Waals surface area contributed by atoms with E-state index in [1.165, 1.54) is 11.3 Å². The van der Waals surface area contributed by atoms with E-state index in [0.29, 0.717) is 29.2 Å². The summed E-state index contributed by atoms with van der Waals surface area (Å²) >= 11 is 1.37. The highest BCUT2D eigenvalue weighted by Crippen LogP contribution is 2.29. The van der Waals surface area contributed by atoms with Crippen molar-refractivity contribution in [3.63, 3.8) is 0 Å². The molecule has 1 fully saturated rings. The number of nitrogens with two attached hydrogens (primary N) is 1. The van der Waals surface area contributed by atoms with Crippen LogP contribution in [0, 0.1) is 5.41 Å². The maximum atomic E-state index is 13.0. The highest BCUT2D eigenvalue weighted by Gasteiger charge is 2.36. The molecular formula is C19H23N3O2S. The third-order valence-corrected chi connectivity index (χ3v) is 5.62. The first-order chi connectivity index (χ1) is 11.9. The highest BCUT2D eigenvalue weighted by molar-refractivity contribution is 7.12. The van der Waals surface area contributed by atoms with Crippen LogP contribution in [0.1, 0.15) is 40.3 Å². The number of nitrogens with zero attached hydrogens (tertiary/aromatic N) is 1. The zero-order valence-electron chi connectivity index (χ0n) is 14.5. The first-order valence-electron chi connectivity index (χ1n) is 8.37. The van der Waals surface area contributed by atoms with E-state index < -0.39 is 0 Å². The lowest BCUT2D eigenvalue weighted by Crippen LogP contribution is -2.54. The summed E-state index contributed by atoms with van der Waals surface area (Å²) in [5, 5.41) is 4.71. The molecule has 2 heterocycles. The van der Waals surface area contributed by atoms with Crippen LogP contribution in [0.2, 0.25) is 0 Å². The first-order valence-corrected chi connectivity index (χ1v) is 9.25. The van der Waals surface area contributed by atoms with E-state index in [-0.39, 0.29) is 23.3 Å². The molecule has 3 N–H and O–H groups in total. The molecule has 25 heavy (non-hydrogen) atoms. The third kappa shape index (κ3) is 3.75. The van der Waals surface area contributed by atoms with Crippen LogP contribution in [0.5, 0.6) is 0 Å². The van der Waals surface area contributed by atoms with Gasteiger partial charge in [0, 0.05) is 19.1 Å². The van der Waals surface area contributed by atoms with Crippen molar-refractivity contribution in [2.24, 2.45) is 11.1 Å². The van der Waals surface area contributed by atoms with Gasteiger partial charge in [0.05, 0.1) is 16.1 Å². The van der Waals surface area contributed by atoms with Crippen molar-refractivity contribution < 1.29 is 9.59 Å². The fourth-order valence-corrected chi connectivity index (χ4v) is 3.71. The molecular weight excluding hydrogens is 334 g/mol. The molecule has 2 aromatic rings. The number of carbonyl (C=O) groups is 2. The number of para-hydroxylation sites is 1. The molecule has 1 unspecified atom stereocenters. The van der Waals surface area contributed by atoms with E-state index in [1.54, 1.807) is 18.2 Å². The number of benzene rings is 1. The fraction of sp³-hybridized carbons (Fsp3) is 0.368. The van der Waals surface area contributed by atoms with Gasteiger partial charge in [-0.05, 0) is 35.4 Å². The van der Waals surface area contributed by atoms with Crippen molar-refractivity contribution in [2.45, 2.75) is 26.3 Å². The number of amides is 2. The van der Waals surface area contributed by atoms with Crippen LogP contribution in [-0.4, -0.2) is 35.8 Å². The minimum absolute atomic E-state index is 0.0675. The molecule has 0 bridgehead atoms. The van der Waals surface area contributed by atoms with Crippen LogP contribution in [0.4, 0.5) is 5.69 Å². The molecule has 1 aromatic heterocycles. The Morgan fingerprint density at radius 2 is 2.00 bits per heavy atom. The molecule has 1 aliphatic heterocycles. The second-order valence-corrected chi connectivity index (χ2v) is 8.04. The molecule has 1 atom stereocenters. The van der Waals surface area contributed by atoms with Crippen LogP contribution in [-0.2, 0) is 0 Å². The number of carbonyl (C=O) groups excluding carboxylic acids is 2. The predicted molar refractivity (Wildman–Crippen MR) is 101 cm³/mol. The van der Waals surface area contributed by atoms with Gasteiger partial charge >= 0.3 is 0 Å². The van der Waals surface area contributed by atoms with Gasteiger partial charge in [0.1, 0.15) is 0 Å².